The van der Waals surface area contributed by atoms with Crippen LogP contribution in [0.1, 0.15) is 30.5 Å². The van der Waals surface area contributed by atoms with Gasteiger partial charge in [0.1, 0.15) is 23.9 Å². The molecule has 3 nitrogen and oxygen atoms in total. The molecular formula is C23H23NO2. The lowest BCUT2D eigenvalue weighted by atomic mass is 10.2. The van der Waals surface area contributed by atoms with Gasteiger partial charge in [-0.2, -0.15) is 5.26 Å². The summed E-state index contributed by atoms with van der Waals surface area (Å²) < 4.78 is 11.6. The molecule has 132 valence electrons. The Bertz CT molecular complexity index is 847. The monoisotopic (exact) mass is 345 g/mol. The van der Waals surface area contributed by atoms with Crippen LogP contribution in [0.15, 0.2) is 72.8 Å². The maximum absolute atomic E-state index is 8.81. The van der Waals surface area contributed by atoms with Gasteiger partial charge in [-0.15, -0.1) is 0 Å². The molecule has 26 heavy (non-hydrogen) atoms. The van der Waals surface area contributed by atoms with Crippen molar-refractivity contribution in [3.8, 4) is 23.3 Å². The van der Waals surface area contributed by atoms with Gasteiger partial charge in [-0.05, 0) is 48.9 Å². The van der Waals surface area contributed by atoms with Gasteiger partial charge in [0.15, 0.2) is 0 Å². The average Bonchev–Trinajstić information content (AvgIpc) is 2.70. The Balaban J connectivity index is 0.00000117. The van der Waals surface area contributed by atoms with E-state index in [0.29, 0.717) is 12.2 Å². The molecule has 0 bridgehead atoms. The Morgan fingerprint density at radius 2 is 1.46 bits per heavy atom. The van der Waals surface area contributed by atoms with E-state index in [-0.39, 0.29) is 0 Å². The minimum absolute atomic E-state index is 0.444. The molecule has 0 saturated heterocycles. The van der Waals surface area contributed by atoms with E-state index in [4.69, 9.17) is 14.7 Å². The van der Waals surface area contributed by atoms with Gasteiger partial charge in [0.05, 0.1) is 11.6 Å². The molecule has 0 heterocycles. The number of nitrogens with zero attached hydrogens (tertiary/aromatic N) is 1. The smallest absolute Gasteiger partial charge is 0.131 e. The standard InChI is InChI=1S/C21H17NO2.C2H6/c1-16-5-11-19(12-6-16)24-21-4-2-3-20(13-21)23-15-18-9-7-17(14-22)8-10-18;1-2/h2-13H,15H2,1H3;1-2H3. The van der Waals surface area contributed by atoms with Crippen molar-refractivity contribution in [2.45, 2.75) is 27.4 Å². The quantitative estimate of drug-likeness (QED) is 0.548. The highest BCUT2D eigenvalue weighted by Gasteiger charge is 2.01. The number of aryl methyl sites for hydroxylation is 1. The zero-order chi connectivity index (χ0) is 18.8. The number of hydrogen-bond donors (Lipinski definition) is 0. The van der Waals surface area contributed by atoms with Crippen LogP contribution >= 0.6 is 0 Å². The summed E-state index contributed by atoms with van der Waals surface area (Å²) in [4.78, 5) is 0. The highest BCUT2D eigenvalue weighted by atomic mass is 16.5. The molecule has 3 rings (SSSR count). The number of hydrogen-bond acceptors (Lipinski definition) is 3. The molecule has 0 spiro atoms. The zero-order valence-corrected chi connectivity index (χ0v) is 15.4. The van der Waals surface area contributed by atoms with Crippen LogP contribution in [0.25, 0.3) is 0 Å². The number of nitriles is 1. The van der Waals surface area contributed by atoms with Crippen LogP contribution in [0.5, 0.6) is 17.2 Å². The zero-order valence-electron chi connectivity index (χ0n) is 15.4. The molecule has 0 aliphatic heterocycles. The molecule has 3 heteroatoms. The third kappa shape index (κ3) is 5.68. The molecule has 0 unspecified atom stereocenters. The van der Waals surface area contributed by atoms with Crippen molar-refractivity contribution in [1.82, 2.24) is 0 Å². The molecule has 3 aromatic carbocycles. The third-order valence-electron chi connectivity index (χ3n) is 3.55. The SMILES string of the molecule is CC.Cc1ccc(Oc2cccc(OCc3ccc(C#N)cc3)c2)cc1. The Morgan fingerprint density at radius 3 is 2.12 bits per heavy atom. The first-order valence-corrected chi connectivity index (χ1v) is 8.69. The molecule has 0 aliphatic rings. The third-order valence-corrected chi connectivity index (χ3v) is 3.55. The summed E-state index contributed by atoms with van der Waals surface area (Å²) in [6.45, 7) is 6.49. The second-order valence-electron chi connectivity index (χ2n) is 5.49. The van der Waals surface area contributed by atoms with Crippen LogP contribution in [-0.4, -0.2) is 0 Å². The number of ether oxygens (including phenoxy) is 2. The fraction of sp³-hybridized carbons (Fsp3) is 0.174. The molecule has 0 radical (unpaired) electrons. The maximum atomic E-state index is 8.81. The molecule has 0 atom stereocenters. The summed E-state index contributed by atoms with van der Waals surface area (Å²) in [5.74, 6) is 2.27. The Kier molecular flexibility index (Phi) is 7.27. The van der Waals surface area contributed by atoms with Crippen LogP contribution in [0.4, 0.5) is 0 Å². The highest BCUT2D eigenvalue weighted by molar-refractivity contribution is 5.38. The van der Waals surface area contributed by atoms with Gasteiger partial charge < -0.3 is 9.47 Å². The second kappa shape index (κ2) is 9.90. The normalized spacial score (nSPS) is 9.46. The van der Waals surface area contributed by atoms with E-state index >= 15 is 0 Å². The lowest BCUT2D eigenvalue weighted by molar-refractivity contribution is 0.304. The lowest BCUT2D eigenvalue weighted by Gasteiger charge is -2.10. The van der Waals surface area contributed by atoms with Gasteiger partial charge in [-0.1, -0.05) is 49.7 Å². The Labute approximate surface area is 155 Å². The minimum Gasteiger partial charge on any atom is -0.489 e. The van der Waals surface area contributed by atoms with Crippen LogP contribution < -0.4 is 9.47 Å². The highest BCUT2D eigenvalue weighted by Crippen LogP contribution is 2.26. The Morgan fingerprint density at radius 1 is 0.808 bits per heavy atom. The van der Waals surface area contributed by atoms with Crippen molar-refractivity contribution in [3.05, 3.63) is 89.5 Å². The summed E-state index contributed by atoms with van der Waals surface area (Å²) in [5.41, 5.74) is 2.85. The summed E-state index contributed by atoms with van der Waals surface area (Å²) in [5, 5.41) is 8.81. The predicted molar refractivity (Wildman–Crippen MR) is 105 cm³/mol. The summed E-state index contributed by atoms with van der Waals surface area (Å²) in [6.07, 6.45) is 0. The first kappa shape index (κ1) is 19.1. The number of rotatable bonds is 5. The van der Waals surface area contributed by atoms with Gasteiger partial charge in [-0.25, -0.2) is 0 Å². The maximum Gasteiger partial charge on any atom is 0.131 e. The molecule has 0 saturated carbocycles. The Hall–Kier alpha value is -3.25. The van der Waals surface area contributed by atoms with E-state index in [9.17, 15) is 0 Å². The van der Waals surface area contributed by atoms with Crippen molar-refractivity contribution in [1.29, 1.82) is 5.26 Å². The van der Waals surface area contributed by atoms with Gasteiger partial charge in [0.25, 0.3) is 0 Å². The van der Waals surface area contributed by atoms with Crippen LogP contribution in [0.2, 0.25) is 0 Å². The van der Waals surface area contributed by atoms with Gasteiger partial charge >= 0.3 is 0 Å². The van der Waals surface area contributed by atoms with Crippen LogP contribution in [0.3, 0.4) is 0 Å². The van der Waals surface area contributed by atoms with Crippen LogP contribution in [-0.2, 0) is 6.61 Å². The van der Waals surface area contributed by atoms with Crippen molar-refractivity contribution in [2.75, 3.05) is 0 Å². The van der Waals surface area contributed by atoms with Crippen molar-refractivity contribution in [3.63, 3.8) is 0 Å². The van der Waals surface area contributed by atoms with Crippen molar-refractivity contribution >= 4 is 0 Å². The van der Waals surface area contributed by atoms with E-state index < -0.39 is 0 Å². The molecule has 3 aromatic rings. The number of benzene rings is 3. The molecule has 0 aliphatic carbocycles. The fourth-order valence-corrected chi connectivity index (χ4v) is 2.21. The first-order chi connectivity index (χ1) is 12.7. The molecular weight excluding hydrogens is 322 g/mol. The topological polar surface area (TPSA) is 42.2 Å². The first-order valence-electron chi connectivity index (χ1n) is 8.69. The largest absolute Gasteiger partial charge is 0.489 e. The lowest BCUT2D eigenvalue weighted by Crippen LogP contribution is -1.95. The molecule has 0 aromatic heterocycles. The predicted octanol–water partition coefficient (Wildman–Crippen LogP) is 6.26. The molecule has 0 N–H and O–H groups in total. The van der Waals surface area contributed by atoms with Gasteiger partial charge in [0.2, 0.25) is 0 Å². The van der Waals surface area contributed by atoms with E-state index in [1.54, 1.807) is 12.1 Å². The second-order valence-corrected chi connectivity index (χ2v) is 5.49. The molecule has 0 fully saturated rings. The van der Waals surface area contributed by atoms with Crippen LogP contribution in [0, 0.1) is 18.3 Å². The van der Waals surface area contributed by atoms with E-state index in [1.807, 2.05) is 81.4 Å². The van der Waals surface area contributed by atoms with E-state index in [1.165, 1.54) is 5.56 Å². The van der Waals surface area contributed by atoms with Crippen molar-refractivity contribution in [2.24, 2.45) is 0 Å². The van der Waals surface area contributed by atoms with E-state index in [0.717, 1.165) is 22.8 Å². The fourth-order valence-electron chi connectivity index (χ4n) is 2.21. The summed E-state index contributed by atoms with van der Waals surface area (Å²) in [6, 6.07) is 24.9. The van der Waals surface area contributed by atoms with Gasteiger partial charge in [0, 0.05) is 6.07 Å². The minimum atomic E-state index is 0.444. The molecule has 0 amide bonds. The average molecular weight is 345 g/mol. The van der Waals surface area contributed by atoms with Crippen molar-refractivity contribution < 1.29 is 9.47 Å². The summed E-state index contributed by atoms with van der Waals surface area (Å²) >= 11 is 0. The summed E-state index contributed by atoms with van der Waals surface area (Å²) in [7, 11) is 0. The van der Waals surface area contributed by atoms with E-state index in [2.05, 4.69) is 6.07 Å². The van der Waals surface area contributed by atoms with Gasteiger partial charge in [-0.3, -0.25) is 0 Å².